The van der Waals surface area contributed by atoms with Gasteiger partial charge in [-0.3, -0.25) is 6.29 Å². The molecule has 0 amide bonds. The Bertz CT molecular complexity index is 506. The minimum atomic E-state index is -0.00973. The molecule has 150 valence electrons. The smallest absolute Gasteiger partial charge is 0.542 e. The van der Waals surface area contributed by atoms with Crippen LogP contribution in [-0.4, -0.2) is 18.5 Å². The molecule has 0 N–H and O–H groups in total. The van der Waals surface area contributed by atoms with E-state index in [1.54, 1.807) is 0 Å². The van der Waals surface area contributed by atoms with Crippen molar-refractivity contribution in [2.45, 2.75) is 79.8 Å². The third kappa shape index (κ3) is 13.5. The second-order valence-corrected chi connectivity index (χ2v) is 7.78. The van der Waals surface area contributed by atoms with Crippen molar-refractivity contribution in [3.8, 4) is 0 Å². The zero-order chi connectivity index (χ0) is 20.0. The Morgan fingerprint density at radius 2 is 1.67 bits per heavy atom. The molecule has 1 heterocycles. The number of carbonyl (C=O) groups excluding carboxylic acids is 1. The molecule has 0 spiro atoms. The van der Waals surface area contributed by atoms with E-state index in [0.717, 1.165) is 25.4 Å². The number of rotatable bonds is 6. The molecule has 1 atom stereocenters. The van der Waals surface area contributed by atoms with E-state index >= 15 is 0 Å². The monoisotopic (exact) mass is 596 g/mol. The van der Waals surface area contributed by atoms with E-state index < -0.39 is 0 Å². The van der Waals surface area contributed by atoms with Gasteiger partial charge in [-0.2, -0.15) is 27.7 Å². The van der Waals surface area contributed by atoms with Gasteiger partial charge in [0.25, 0.3) is 0 Å². The first kappa shape index (κ1) is 28.8. The number of hydrogen-bond acceptors (Lipinski definition) is 2. The van der Waals surface area contributed by atoms with E-state index in [0.29, 0.717) is 0 Å². The molecule has 3 heteroatoms. The molecular formula is C24H38O2U. The zero-order valence-corrected chi connectivity index (χ0v) is 22.6. The summed E-state index contributed by atoms with van der Waals surface area (Å²) in [5, 5.41) is 0. The summed E-state index contributed by atoms with van der Waals surface area (Å²) in [6, 6.07) is 10.6. The summed E-state index contributed by atoms with van der Waals surface area (Å²) < 4.78 is 6.21. The van der Waals surface area contributed by atoms with Crippen LogP contribution in [0, 0.1) is 42.9 Å². The molecule has 1 aromatic rings. The first-order valence-electron chi connectivity index (χ1n) is 9.77. The SMILES string of the molecule is CCCC1(CCC(C)C)C=C(c2ccccc2)CO1.C[C-](C)C.C[C-]=O.[U+2]. The quantitative estimate of drug-likeness (QED) is 0.338. The number of hydrogen-bond donors (Lipinski definition) is 0. The van der Waals surface area contributed by atoms with Crippen LogP contribution in [0.15, 0.2) is 36.4 Å². The van der Waals surface area contributed by atoms with E-state index in [4.69, 9.17) is 9.53 Å². The zero-order valence-electron chi connectivity index (χ0n) is 18.4. The minimum Gasteiger partial charge on any atom is -0.542 e. The predicted molar refractivity (Wildman–Crippen MR) is 114 cm³/mol. The first-order valence-corrected chi connectivity index (χ1v) is 9.77. The van der Waals surface area contributed by atoms with Gasteiger partial charge in [0, 0.05) is 0 Å². The summed E-state index contributed by atoms with van der Waals surface area (Å²) >= 11 is 0. The van der Waals surface area contributed by atoms with Crippen LogP contribution < -0.4 is 0 Å². The van der Waals surface area contributed by atoms with Gasteiger partial charge in [-0.15, -0.1) is 0 Å². The molecule has 2 rings (SSSR count). The first-order chi connectivity index (χ1) is 12.3. The average molecular weight is 597 g/mol. The standard InChI is InChI=1S/C18H26O.C4H9.C2H3O.U/c1-4-11-18(12-10-15(2)3)13-17(14-19-18)16-8-6-5-7-9-16;1-4(2)3;1-2-3;/h5-9,13,15H,4,10-12,14H2,1-3H3;1-3H3;1H3;/q;2*-1;+2. The largest absolute Gasteiger partial charge is 2.00 e. The van der Waals surface area contributed by atoms with Crippen molar-refractivity contribution in [3.63, 3.8) is 0 Å². The normalized spacial score (nSPS) is 17.9. The summed E-state index contributed by atoms with van der Waals surface area (Å²) in [4.78, 5) is 8.68. The van der Waals surface area contributed by atoms with Crippen LogP contribution in [0.1, 0.15) is 79.7 Å². The Labute approximate surface area is 191 Å². The maximum Gasteiger partial charge on any atom is 2.00 e. The van der Waals surface area contributed by atoms with E-state index in [1.165, 1.54) is 43.1 Å². The Kier molecular flexibility index (Phi) is 17.7. The van der Waals surface area contributed by atoms with E-state index in [1.807, 2.05) is 0 Å². The average Bonchev–Trinajstić information content (AvgIpc) is 2.99. The molecule has 0 saturated heterocycles. The third-order valence-corrected chi connectivity index (χ3v) is 3.92. The minimum absolute atomic E-state index is 0. The summed E-state index contributed by atoms with van der Waals surface area (Å²) in [6.45, 7) is 15.2. The van der Waals surface area contributed by atoms with Crippen molar-refractivity contribution in [2.24, 2.45) is 5.92 Å². The van der Waals surface area contributed by atoms with Crippen LogP contribution >= 0.6 is 0 Å². The molecule has 1 unspecified atom stereocenters. The van der Waals surface area contributed by atoms with Crippen LogP contribution in [0.2, 0.25) is 0 Å². The molecule has 0 fully saturated rings. The molecule has 0 saturated carbocycles. The van der Waals surface area contributed by atoms with Gasteiger partial charge in [0.2, 0.25) is 0 Å². The van der Waals surface area contributed by atoms with Crippen molar-refractivity contribution in [1.82, 2.24) is 0 Å². The van der Waals surface area contributed by atoms with Crippen LogP contribution in [-0.2, 0) is 9.53 Å². The van der Waals surface area contributed by atoms with Crippen molar-refractivity contribution >= 4 is 11.9 Å². The van der Waals surface area contributed by atoms with Crippen molar-refractivity contribution in [3.05, 3.63) is 47.9 Å². The van der Waals surface area contributed by atoms with E-state index in [2.05, 4.69) is 78.0 Å². The van der Waals surface area contributed by atoms with E-state index in [9.17, 15) is 0 Å². The van der Waals surface area contributed by atoms with Gasteiger partial charge >= 0.3 is 31.1 Å². The summed E-state index contributed by atoms with van der Waals surface area (Å²) in [6.07, 6.45) is 8.59. The van der Waals surface area contributed by atoms with Gasteiger partial charge in [-0.1, -0.05) is 57.5 Å². The van der Waals surface area contributed by atoms with Crippen molar-refractivity contribution < 1.29 is 40.6 Å². The van der Waals surface area contributed by atoms with Crippen LogP contribution in [0.3, 0.4) is 0 Å². The van der Waals surface area contributed by atoms with Gasteiger partial charge < -0.3 is 15.4 Å². The fraction of sp³-hybridized carbons (Fsp3) is 0.583. The Morgan fingerprint density at radius 3 is 2.11 bits per heavy atom. The Balaban J connectivity index is 0. The van der Waals surface area contributed by atoms with E-state index in [-0.39, 0.29) is 36.7 Å². The fourth-order valence-corrected chi connectivity index (χ4v) is 2.81. The molecule has 2 nitrogen and oxygen atoms in total. The van der Waals surface area contributed by atoms with Crippen LogP contribution in [0.25, 0.3) is 5.57 Å². The summed E-state index contributed by atoms with van der Waals surface area (Å²) in [7, 11) is 0. The molecular weight excluding hydrogens is 558 g/mol. The van der Waals surface area contributed by atoms with Gasteiger partial charge in [-0.25, -0.2) is 0 Å². The second kappa shape index (κ2) is 16.6. The summed E-state index contributed by atoms with van der Waals surface area (Å²) in [5.41, 5.74) is 2.66. The van der Waals surface area contributed by atoms with Crippen molar-refractivity contribution in [2.75, 3.05) is 6.61 Å². The molecule has 0 bridgehead atoms. The van der Waals surface area contributed by atoms with Gasteiger partial charge in [0.1, 0.15) is 0 Å². The molecule has 0 radical (unpaired) electrons. The van der Waals surface area contributed by atoms with Crippen molar-refractivity contribution in [1.29, 1.82) is 0 Å². The molecule has 0 aliphatic carbocycles. The Morgan fingerprint density at radius 1 is 1.15 bits per heavy atom. The fourth-order valence-electron chi connectivity index (χ4n) is 2.81. The second-order valence-electron chi connectivity index (χ2n) is 7.78. The molecule has 1 aromatic carbocycles. The van der Waals surface area contributed by atoms with Gasteiger partial charge in [-0.05, 0) is 42.4 Å². The number of benzene rings is 1. The molecule has 1 aliphatic rings. The third-order valence-electron chi connectivity index (χ3n) is 3.92. The molecule has 27 heavy (non-hydrogen) atoms. The molecule has 0 aromatic heterocycles. The van der Waals surface area contributed by atoms with Gasteiger partial charge in [0.15, 0.2) is 0 Å². The predicted octanol–water partition coefficient (Wildman–Crippen LogP) is 6.81. The topological polar surface area (TPSA) is 26.3 Å². The van der Waals surface area contributed by atoms with Gasteiger partial charge in [0.05, 0.1) is 12.2 Å². The maximum absolute atomic E-state index is 8.68. The van der Waals surface area contributed by atoms with Crippen LogP contribution in [0.5, 0.6) is 0 Å². The Hall–Kier alpha value is -0.358. The maximum atomic E-state index is 8.68. The number of ether oxygens (including phenoxy) is 1. The summed E-state index contributed by atoms with van der Waals surface area (Å²) in [5.74, 6) is 2.16. The van der Waals surface area contributed by atoms with Crippen LogP contribution in [0.4, 0.5) is 0 Å². The molecule has 1 aliphatic heterocycles.